The molecule has 1 heterocycles. The lowest BCUT2D eigenvalue weighted by molar-refractivity contribution is 0.0982. The van der Waals surface area contributed by atoms with Gasteiger partial charge < -0.3 is 15.4 Å². The molecule has 0 aliphatic heterocycles. The van der Waals surface area contributed by atoms with E-state index in [1.54, 1.807) is 0 Å². The quantitative estimate of drug-likeness (QED) is 0.535. The van der Waals surface area contributed by atoms with E-state index in [-0.39, 0.29) is 30.2 Å². The summed E-state index contributed by atoms with van der Waals surface area (Å²) in [6.07, 6.45) is 0.397. The van der Waals surface area contributed by atoms with Gasteiger partial charge in [0.15, 0.2) is 5.69 Å². The molecule has 0 unspecified atom stereocenters. The van der Waals surface area contributed by atoms with Gasteiger partial charge in [-0.2, -0.15) is 0 Å². The van der Waals surface area contributed by atoms with Crippen LogP contribution in [0.3, 0.4) is 0 Å². The number of halogens is 1. The zero-order valence-corrected chi connectivity index (χ0v) is 17.0. The Hall–Kier alpha value is -3.72. The van der Waals surface area contributed by atoms with Gasteiger partial charge in [0, 0.05) is 25.8 Å². The number of methoxy groups -OCH3 is 1. The molecule has 2 aromatic carbocycles. The van der Waals surface area contributed by atoms with E-state index in [1.807, 2.05) is 30.3 Å². The second-order valence-electron chi connectivity index (χ2n) is 6.88. The Bertz CT molecular complexity index is 1170. The summed E-state index contributed by atoms with van der Waals surface area (Å²) in [5, 5.41) is 0. The van der Waals surface area contributed by atoms with Gasteiger partial charge in [0.25, 0.3) is 11.5 Å². The summed E-state index contributed by atoms with van der Waals surface area (Å²) in [5.74, 6) is -1.35. The predicted octanol–water partition coefficient (Wildman–Crippen LogP) is 1.99. The monoisotopic (exact) mass is 426 g/mol. The van der Waals surface area contributed by atoms with E-state index in [9.17, 15) is 18.8 Å². The van der Waals surface area contributed by atoms with Crippen LogP contribution in [0.1, 0.15) is 22.3 Å². The van der Waals surface area contributed by atoms with E-state index in [0.29, 0.717) is 13.0 Å². The molecule has 0 saturated heterocycles. The van der Waals surface area contributed by atoms with Crippen LogP contribution in [0, 0.1) is 5.82 Å². The summed E-state index contributed by atoms with van der Waals surface area (Å²) in [5.41, 5.74) is 5.42. The number of aromatic amines is 1. The Kier molecular flexibility index (Phi) is 6.99. The third kappa shape index (κ3) is 5.07. The van der Waals surface area contributed by atoms with Crippen LogP contribution in [-0.4, -0.2) is 35.7 Å². The first-order valence-electron chi connectivity index (χ1n) is 9.65. The number of nitrogens with two attached hydrogens (primary N) is 1. The highest BCUT2D eigenvalue weighted by molar-refractivity contribution is 6.07. The van der Waals surface area contributed by atoms with Gasteiger partial charge in [0.2, 0.25) is 0 Å². The molecule has 162 valence electrons. The molecular formula is C22H23FN4O4. The Morgan fingerprint density at radius 2 is 1.90 bits per heavy atom. The number of H-pyrrole nitrogens is 1. The molecule has 1 aromatic heterocycles. The lowest BCUT2D eigenvalue weighted by atomic mass is 10.1. The fourth-order valence-electron chi connectivity index (χ4n) is 3.22. The van der Waals surface area contributed by atoms with Crippen LogP contribution in [-0.2, 0) is 11.3 Å². The first kappa shape index (κ1) is 22.0. The summed E-state index contributed by atoms with van der Waals surface area (Å²) in [7, 11) is 1.51. The van der Waals surface area contributed by atoms with Crippen molar-refractivity contribution < 1.29 is 13.9 Å². The van der Waals surface area contributed by atoms with E-state index < -0.39 is 23.0 Å². The third-order valence-corrected chi connectivity index (χ3v) is 4.71. The van der Waals surface area contributed by atoms with Crippen molar-refractivity contribution in [2.75, 3.05) is 30.9 Å². The van der Waals surface area contributed by atoms with Crippen LogP contribution in [0.25, 0.3) is 0 Å². The first-order chi connectivity index (χ1) is 14.9. The molecule has 3 N–H and O–H groups in total. The summed E-state index contributed by atoms with van der Waals surface area (Å²) in [4.78, 5) is 41.7. The molecule has 3 aromatic rings. The fourth-order valence-corrected chi connectivity index (χ4v) is 3.22. The topological polar surface area (TPSA) is 110 Å². The zero-order chi connectivity index (χ0) is 22.4. The number of amides is 1. The number of aromatic nitrogens is 2. The number of hydrogen-bond donors (Lipinski definition) is 2. The largest absolute Gasteiger partial charge is 0.385 e. The second kappa shape index (κ2) is 9.86. The molecule has 1 amide bonds. The zero-order valence-electron chi connectivity index (χ0n) is 17.0. The first-order valence-corrected chi connectivity index (χ1v) is 9.65. The summed E-state index contributed by atoms with van der Waals surface area (Å²) in [6, 6.07) is 14.2. The molecule has 0 bridgehead atoms. The minimum absolute atomic E-state index is 0.0528. The average Bonchev–Trinajstić information content (AvgIpc) is 2.76. The molecule has 0 atom stereocenters. The smallest absolute Gasteiger partial charge is 0.330 e. The number of nitrogens with one attached hydrogen (secondary N) is 1. The fraction of sp³-hybridized carbons (Fsp3) is 0.227. The maximum Gasteiger partial charge on any atom is 0.330 e. The highest BCUT2D eigenvalue weighted by atomic mass is 19.1. The number of benzene rings is 2. The standard InChI is InChI=1S/C22H23FN4O4/c1-31-12-6-11-26(21(29)16-9-5-10-17(23)13-16)18-19(24)27(22(30)25-20(18)28)14-15-7-3-2-4-8-15/h2-5,7-10,13H,6,11-12,14,24H2,1H3,(H,25,28,30). The van der Waals surface area contributed by atoms with Crippen LogP contribution >= 0.6 is 0 Å². The van der Waals surface area contributed by atoms with Gasteiger partial charge in [-0.05, 0) is 30.2 Å². The Morgan fingerprint density at radius 1 is 1.16 bits per heavy atom. The van der Waals surface area contributed by atoms with Gasteiger partial charge in [-0.3, -0.25) is 19.1 Å². The molecule has 8 nitrogen and oxygen atoms in total. The lowest BCUT2D eigenvalue weighted by Crippen LogP contribution is -2.42. The number of carbonyl (C=O) groups excluding carboxylic acids is 1. The molecular weight excluding hydrogens is 403 g/mol. The van der Waals surface area contributed by atoms with Crippen LogP contribution in [0.4, 0.5) is 15.9 Å². The van der Waals surface area contributed by atoms with Gasteiger partial charge in [-0.15, -0.1) is 0 Å². The van der Waals surface area contributed by atoms with Crippen molar-refractivity contribution >= 4 is 17.4 Å². The maximum absolute atomic E-state index is 13.7. The van der Waals surface area contributed by atoms with E-state index in [4.69, 9.17) is 10.5 Å². The number of carbonyl (C=O) groups is 1. The van der Waals surface area contributed by atoms with Crippen molar-refractivity contribution in [3.8, 4) is 0 Å². The summed E-state index contributed by atoms with van der Waals surface area (Å²) in [6.45, 7) is 0.518. The molecule has 0 saturated carbocycles. The van der Waals surface area contributed by atoms with Crippen LogP contribution in [0.15, 0.2) is 64.2 Å². The molecule has 0 spiro atoms. The van der Waals surface area contributed by atoms with E-state index >= 15 is 0 Å². The summed E-state index contributed by atoms with van der Waals surface area (Å²) < 4.78 is 19.9. The number of nitrogens with zero attached hydrogens (tertiary/aromatic N) is 2. The van der Waals surface area contributed by atoms with E-state index in [0.717, 1.165) is 16.5 Å². The second-order valence-corrected chi connectivity index (χ2v) is 6.88. The summed E-state index contributed by atoms with van der Waals surface area (Å²) >= 11 is 0. The molecule has 0 aliphatic carbocycles. The highest BCUT2D eigenvalue weighted by Crippen LogP contribution is 2.21. The van der Waals surface area contributed by atoms with Crippen molar-refractivity contribution in [2.24, 2.45) is 0 Å². The van der Waals surface area contributed by atoms with Gasteiger partial charge in [0.05, 0.1) is 6.54 Å². The van der Waals surface area contributed by atoms with Crippen molar-refractivity contribution in [3.63, 3.8) is 0 Å². The maximum atomic E-state index is 13.7. The average molecular weight is 426 g/mol. The number of rotatable bonds is 8. The number of ether oxygens (including phenoxy) is 1. The third-order valence-electron chi connectivity index (χ3n) is 4.71. The van der Waals surface area contributed by atoms with Crippen LogP contribution in [0.2, 0.25) is 0 Å². The van der Waals surface area contributed by atoms with E-state index in [2.05, 4.69) is 4.98 Å². The van der Waals surface area contributed by atoms with Gasteiger partial charge >= 0.3 is 5.69 Å². The minimum Gasteiger partial charge on any atom is -0.385 e. The molecule has 0 aliphatic rings. The molecule has 0 fully saturated rings. The Morgan fingerprint density at radius 3 is 2.58 bits per heavy atom. The number of nitrogen functional groups attached to an aromatic ring is 1. The molecule has 9 heteroatoms. The Balaban J connectivity index is 2.09. The SMILES string of the molecule is COCCCN(C(=O)c1cccc(F)c1)c1c(N)n(Cc2ccccc2)c(=O)[nH]c1=O. The molecule has 31 heavy (non-hydrogen) atoms. The van der Waals surface area contributed by atoms with Crippen molar-refractivity contribution in [1.82, 2.24) is 9.55 Å². The van der Waals surface area contributed by atoms with E-state index in [1.165, 1.54) is 29.9 Å². The van der Waals surface area contributed by atoms with Crippen LogP contribution in [0.5, 0.6) is 0 Å². The van der Waals surface area contributed by atoms with Gasteiger partial charge in [-0.1, -0.05) is 36.4 Å². The number of hydrogen-bond acceptors (Lipinski definition) is 5. The lowest BCUT2D eigenvalue weighted by Gasteiger charge is -2.24. The molecule has 3 rings (SSSR count). The predicted molar refractivity (Wildman–Crippen MR) is 116 cm³/mol. The Labute approximate surface area is 177 Å². The minimum atomic E-state index is -0.797. The van der Waals surface area contributed by atoms with Crippen molar-refractivity contribution in [3.05, 3.63) is 92.4 Å². The highest BCUT2D eigenvalue weighted by Gasteiger charge is 2.25. The number of anilines is 2. The van der Waals surface area contributed by atoms with Crippen molar-refractivity contribution in [2.45, 2.75) is 13.0 Å². The van der Waals surface area contributed by atoms with Gasteiger partial charge in [0.1, 0.15) is 11.6 Å². The molecule has 0 radical (unpaired) electrons. The van der Waals surface area contributed by atoms with Crippen LogP contribution < -0.4 is 21.9 Å². The van der Waals surface area contributed by atoms with Gasteiger partial charge in [-0.25, -0.2) is 9.18 Å². The van der Waals surface area contributed by atoms with Crippen molar-refractivity contribution in [1.29, 1.82) is 0 Å². The normalized spacial score (nSPS) is 10.8.